The van der Waals surface area contributed by atoms with Crippen molar-refractivity contribution < 1.29 is 23.9 Å². The number of nitrogens with zero attached hydrogens (tertiary/aromatic N) is 3. The molecule has 0 bridgehead atoms. The van der Waals surface area contributed by atoms with Gasteiger partial charge in [-0.3, -0.25) is 14.4 Å². The molecule has 26 heavy (non-hydrogen) atoms. The number of hydrogen-bond acceptors (Lipinski definition) is 6. The van der Waals surface area contributed by atoms with Crippen LogP contribution in [0.2, 0.25) is 5.02 Å². The summed E-state index contributed by atoms with van der Waals surface area (Å²) in [6.45, 7) is 3.00. The number of hydrazone groups is 1. The molecule has 1 aromatic rings. The molecule has 2 aliphatic rings. The van der Waals surface area contributed by atoms with Crippen LogP contribution < -0.4 is 4.90 Å². The Morgan fingerprint density at radius 3 is 2.46 bits per heavy atom. The number of benzene rings is 1. The summed E-state index contributed by atoms with van der Waals surface area (Å²) in [7, 11) is 0. The SMILES string of the molecule is CCOC(=O)C1=NN(C(C)=O)[C@]2(CC(=O)N(c3ccc(Cl)cc3)C2=O)C1. The molecule has 0 radical (unpaired) electrons. The van der Waals surface area contributed by atoms with Crippen LogP contribution in [-0.4, -0.2) is 46.6 Å². The quantitative estimate of drug-likeness (QED) is 0.587. The van der Waals surface area contributed by atoms with E-state index in [1.165, 1.54) is 19.1 Å². The van der Waals surface area contributed by atoms with Crippen LogP contribution in [0.25, 0.3) is 0 Å². The smallest absolute Gasteiger partial charge is 0.354 e. The average Bonchev–Trinajstić information content (AvgIpc) is 3.08. The zero-order chi connectivity index (χ0) is 19.1. The molecule has 0 aliphatic carbocycles. The summed E-state index contributed by atoms with van der Waals surface area (Å²) in [6.07, 6.45) is -0.430. The molecule has 3 amide bonds. The summed E-state index contributed by atoms with van der Waals surface area (Å²) < 4.78 is 4.91. The lowest BCUT2D eigenvalue weighted by molar-refractivity contribution is -0.141. The summed E-state index contributed by atoms with van der Waals surface area (Å²) >= 11 is 5.85. The topological polar surface area (TPSA) is 96.3 Å². The van der Waals surface area contributed by atoms with E-state index >= 15 is 0 Å². The molecule has 1 fully saturated rings. The van der Waals surface area contributed by atoms with Crippen molar-refractivity contribution in [1.29, 1.82) is 0 Å². The Labute approximate surface area is 154 Å². The van der Waals surface area contributed by atoms with Crippen molar-refractivity contribution in [2.45, 2.75) is 32.2 Å². The highest BCUT2D eigenvalue weighted by Crippen LogP contribution is 2.40. The highest BCUT2D eigenvalue weighted by atomic mass is 35.5. The van der Waals surface area contributed by atoms with Gasteiger partial charge in [0.1, 0.15) is 5.71 Å². The Hall–Kier alpha value is -2.74. The Morgan fingerprint density at radius 1 is 1.23 bits per heavy atom. The van der Waals surface area contributed by atoms with E-state index < -0.39 is 29.2 Å². The first kappa shape index (κ1) is 18.1. The van der Waals surface area contributed by atoms with Crippen LogP contribution in [0, 0.1) is 0 Å². The Morgan fingerprint density at radius 2 is 1.88 bits per heavy atom. The van der Waals surface area contributed by atoms with Crippen LogP contribution >= 0.6 is 11.6 Å². The van der Waals surface area contributed by atoms with E-state index in [1.54, 1.807) is 19.1 Å². The van der Waals surface area contributed by atoms with Crippen LogP contribution in [0.3, 0.4) is 0 Å². The van der Waals surface area contributed by atoms with Gasteiger partial charge in [0.25, 0.3) is 5.91 Å². The highest BCUT2D eigenvalue weighted by molar-refractivity contribution is 6.39. The molecule has 8 nitrogen and oxygen atoms in total. The van der Waals surface area contributed by atoms with Gasteiger partial charge in [-0.15, -0.1) is 0 Å². The molecule has 136 valence electrons. The van der Waals surface area contributed by atoms with E-state index in [0.717, 1.165) is 9.91 Å². The van der Waals surface area contributed by atoms with Crippen molar-refractivity contribution in [3.63, 3.8) is 0 Å². The summed E-state index contributed by atoms with van der Waals surface area (Å²) in [5.74, 6) is -2.34. The number of ether oxygens (including phenoxy) is 1. The number of anilines is 1. The van der Waals surface area contributed by atoms with E-state index in [0.29, 0.717) is 10.7 Å². The first-order chi connectivity index (χ1) is 12.3. The second kappa shape index (κ2) is 6.53. The number of carbonyl (C=O) groups excluding carboxylic acids is 4. The minimum atomic E-state index is -1.54. The molecule has 0 aromatic heterocycles. The van der Waals surface area contributed by atoms with E-state index in [9.17, 15) is 19.2 Å². The van der Waals surface area contributed by atoms with Crippen LogP contribution in [0.4, 0.5) is 5.69 Å². The van der Waals surface area contributed by atoms with Gasteiger partial charge in [0.2, 0.25) is 11.8 Å². The average molecular weight is 378 g/mol. The maximum absolute atomic E-state index is 13.1. The van der Waals surface area contributed by atoms with Crippen molar-refractivity contribution >= 4 is 46.7 Å². The molecule has 0 saturated carbocycles. The molecule has 1 spiro atoms. The second-order valence-corrected chi connectivity index (χ2v) is 6.43. The number of hydrogen-bond donors (Lipinski definition) is 0. The molecular weight excluding hydrogens is 362 g/mol. The van der Waals surface area contributed by atoms with Crippen LogP contribution in [0.1, 0.15) is 26.7 Å². The van der Waals surface area contributed by atoms with Gasteiger partial charge in [0, 0.05) is 18.4 Å². The molecule has 2 heterocycles. The van der Waals surface area contributed by atoms with E-state index in [-0.39, 0.29) is 25.2 Å². The lowest BCUT2D eigenvalue weighted by atomic mass is 9.91. The molecular formula is C17H16ClN3O5. The normalized spacial score (nSPS) is 22.2. The molecule has 1 atom stereocenters. The lowest BCUT2D eigenvalue weighted by Gasteiger charge is -2.28. The summed E-state index contributed by atoms with van der Waals surface area (Å²) in [5.41, 5.74) is -1.25. The molecule has 3 rings (SSSR count). The molecule has 0 N–H and O–H groups in total. The number of rotatable bonds is 3. The largest absolute Gasteiger partial charge is 0.461 e. The van der Waals surface area contributed by atoms with E-state index in [1.807, 2.05) is 0 Å². The third-order valence-corrected chi connectivity index (χ3v) is 4.53. The van der Waals surface area contributed by atoms with Gasteiger partial charge < -0.3 is 4.74 Å². The monoisotopic (exact) mass is 377 g/mol. The third kappa shape index (κ3) is 2.76. The van der Waals surface area contributed by atoms with E-state index in [4.69, 9.17) is 16.3 Å². The maximum Gasteiger partial charge on any atom is 0.354 e. The predicted octanol–water partition coefficient (Wildman–Crippen LogP) is 1.51. The Kier molecular flexibility index (Phi) is 4.53. The first-order valence-electron chi connectivity index (χ1n) is 7.98. The van der Waals surface area contributed by atoms with Crippen LogP contribution in [0.15, 0.2) is 29.4 Å². The molecule has 1 aromatic carbocycles. The molecule has 9 heteroatoms. The Balaban J connectivity index is 1.98. The van der Waals surface area contributed by atoms with Gasteiger partial charge in [0.15, 0.2) is 5.54 Å². The van der Waals surface area contributed by atoms with Crippen molar-refractivity contribution in [2.75, 3.05) is 11.5 Å². The predicted molar refractivity (Wildman–Crippen MR) is 92.5 cm³/mol. The first-order valence-corrected chi connectivity index (χ1v) is 8.36. The highest BCUT2D eigenvalue weighted by Gasteiger charge is 2.61. The Bertz CT molecular complexity index is 835. The zero-order valence-electron chi connectivity index (χ0n) is 14.2. The molecule has 2 aliphatic heterocycles. The van der Waals surface area contributed by atoms with Crippen molar-refractivity contribution in [3.05, 3.63) is 29.3 Å². The summed E-state index contributed by atoms with van der Waals surface area (Å²) in [5, 5.41) is 5.36. The minimum absolute atomic E-state index is 0.0545. The van der Waals surface area contributed by atoms with Gasteiger partial charge in [-0.1, -0.05) is 11.6 Å². The fraction of sp³-hybridized carbons (Fsp3) is 0.353. The van der Waals surface area contributed by atoms with Crippen LogP contribution in [0.5, 0.6) is 0 Å². The fourth-order valence-corrected chi connectivity index (χ4v) is 3.31. The van der Waals surface area contributed by atoms with Crippen molar-refractivity contribution in [3.8, 4) is 0 Å². The number of amides is 3. The van der Waals surface area contributed by atoms with Crippen LogP contribution in [-0.2, 0) is 23.9 Å². The summed E-state index contributed by atoms with van der Waals surface area (Å²) in [4.78, 5) is 50.7. The van der Waals surface area contributed by atoms with Gasteiger partial charge in [-0.05, 0) is 31.2 Å². The minimum Gasteiger partial charge on any atom is -0.461 e. The fourth-order valence-electron chi connectivity index (χ4n) is 3.18. The lowest BCUT2D eigenvalue weighted by Crippen LogP contribution is -2.51. The van der Waals surface area contributed by atoms with Gasteiger partial charge in [-0.2, -0.15) is 5.10 Å². The molecule has 1 saturated heterocycles. The van der Waals surface area contributed by atoms with E-state index in [2.05, 4.69) is 5.10 Å². The van der Waals surface area contributed by atoms with Crippen molar-refractivity contribution in [1.82, 2.24) is 5.01 Å². The molecule has 0 unspecified atom stereocenters. The zero-order valence-corrected chi connectivity index (χ0v) is 14.9. The maximum atomic E-state index is 13.1. The van der Waals surface area contributed by atoms with Crippen molar-refractivity contribution in [2.24, 2.45) is 5.10 Å². The van der Waals surface area contributed by atoms with Gasteiger partial charge in [-0.25, -0.2) is 14.7 Å². The number of esters is 1. The standard InChI is InChI=1S/C17H16ClN3O5/c1-3-26-15(24)13-8-17(21(19-13)10(2)22)9-14(23)20(16(17)25)12-6-4-11(18)5-7-12/h4-7H,3,8-9H2,1-2H3/t17-/m0/s1. The summed E-state index contributed by atoms with van der Waals surface area (Å²) in [6, 6.07) is 6.19. The number of carbonyl (C=O) groups is 4. The number of imide groups is 1. The van der Waals surface area contributed by atoms with Gasteiger partial charge in [0.05, 0.1) is 18.7 Å². The third-order valence-electron chi connectivity index (χ3n) is 4.27. The second-order valence-electron chi connectivity index (χ2n) is 5.99. The van der Waals surface area contributed by atoms with Gasteiger partial charge >= 0.3 is 5.97 Å². The number of halogens is 1.